The van der Waals surface area contributed by atoms with E-state index in [0.717, 1.165) is 17.9 Å². The SMILES string of the molecule is Cc1ccccc1N(CCCC(=O)N[C@@H]1C[C@H]2CC[C@H]1C2)S(C)(=O)=O. The van der Waals surface area contributed by atoms with Crippen molar-refractivity contribution in [3.8, 4) is 0 Å². The summed E-state index contributed by atoms with van der Waals surface area (Å²) in [7, 11) is -3.37. The van der Waals surface area contributed by atoms with E-state index in [1.165, 1.54) is 29.8 Å². The van der Waals surface area contributed by atoms with Gasteiger partial charge in [0.2, 0.25) is 15.9 Å². The third kappa shape index (κ3) is 4.35. The minimum Gasteiger partial charge on any atom is -0.353 e. The van der Waals surface area contributed by atoms with E-state index in [9.17, 15) is 13.2 Å². The molecule has 138 valence electrons. The molecule has 1 aromatic carbocycles. The van der Waals surface area contributed by atoms with E-state index in [-0.39, 0.29) is 5.91 Å². The number of carbonyl (C=O) groups is 1. The molecule has 2 aliphatic carbocycles. The average Bonchev–Trinajstić information content (AvgIpc) is 3.14. The van der Waals surface area contributed by atoms with Crippen LogP contribution in [0, 0.1) is 18.8 Å². The minimum absolute atomic E-state index is 0.0517. The molecule has 2 aliphatic rings. The molecule has 0 aliphatic heterocycles. The van der Waals surface area contributed by atoms with Crippen molar-refractivity contribution in [2.24, 2.45) is 11.8 Å². The summed E-state index contributed by atoms with van der Waals surface area (Å²) >= 11 is 0. The lowest BCUT2D eigenvalue weighted by molar-refractivity contribution is -0.122. The van der Waals surface area contributed by atoms with Crippen molar-refractivity contribution in [2.75, 3.05) is 17.1 Å². The average molecular weight is 365 g/mol. The summed E-state index contributed by atoms with van der Waals surface area (Å²) in [6, 6.07) is 7.78. The number of sulfonamides is 1. The Bertz CT molecular complexity index is 732. The summed E-state index contributed by atoms with van der Waals surface area (Å²) in [5.74, 6) is 1.52. The number of anilines is 1. The summed E-state index contributed by atoms with van der Waals surface area (Å²) in [6.45, 7) is 2.23. The molecule has 2 bridgehead atoms. The standard InChI is InChI=1S/C19H28N2O3S/c1-14-6-3-4-7-18(14)21(25(2,23)24)11-5-8-19(22)20-17-13-15-9-10-16(17)12-15/h3-4,6-7,15-17H,5,8-13H2,1-2H3,(H,20,22)/t15-,16-,17+/m0/s1. The molecule has 1 amide bonds. The topological polar surface area (TPSA) is 66.5 Å². The van der Waals surface area contributed by atoms with E-state index in [1.54, 1.807) is 0 Å². The third-order valence-corrected chi connectivity index (χ3v) is 6.81. The van der Waals surface area contributed by atoms with Gasteiger partial charge in [-0.2, -0.15) is 0 Å². The first kappa shape index (κ1) is 18.2. The first-order valence-electron chi connectivity index (χ1n) is 9.17. The third-order valence-electron chi connectivity index (χ3n) is 5.63. The van der Waals surface area contributed by atoms with Gasteiger partial charge in [-0.1, -0.05) is 24.6 Å². The number of fused-ring (bicyclic) bond motifs is 2. The highest BCUT2D eigenvalue weighted by Crippen LogP contribution is 2.44. The molecule has 1 aromatic rings. The minimum atomic E-state index is -3.37. The van der Waals surface area contributed by atoms with Crippen molar-refractivity contribution in [3.05, 3.63) is 29.8 Å². The maximum atomic E-state index is 12.2. The summed E-state index contributed by atoms with van der Waals surface area (Å²) in [5, 5.41) is 3.17. The predicted octanol–water partition coefficient (Wildman–Crippen LogP) is 2.85. The largest absolute Gasteiger partial charge is 0.353 e. The van der Waals surface area contributed by atoms with Crippen LogP contribution in [0.15, 0.2) is 24.3 Å². The van der Waals surface area contributed by atoms with Crippen LogP contribution >= 0.6 is 0 Å². The number of carbonyl (C=O) groups excluding carboxylic acids is 1. The second kappa shape index (κ2) is 7.36. The van der Waals surface area contributed by atoms with Gasteiger partial charge in [-0.05, 0) is 56.1 Å². The van der Waals surface area contributed by atoms with Crippen LogP contribution in [0.3, 0.4) is 0 Å². The van der Waals surface area contributed by atoms with Crippen molar-refractivity contribution in [1.29, 1.82) is 0 Å². The summed E-state index contributed by atoms with van der Waals surface area (Å²) < 4.78 is 25.7. The normalized spacial score (nSPS) is 25.1. The Balaban J connectivity index is 1.53. The molecule has 3 atom stereocenters. The second-order valence-corrected chi connectivity index (χ2v) is 9.48. The van der Waals surface area contributed by atoms with Crippen molar-refractivity contribution >= 4 is 21.6 Å². The lowest BCUT2D eigenvalue weighted by Crippen LogP contribution is -2.39. The van der Waals surface area contributed by atoms with Crippen LogP contribution in [0.1, 0.15) is 44.1 Å². The number of nitrogens with one attached hydrogen (secondary N) is 1. The van der Waals surface area contributed by atoms with Crippen LogP contribution in [-0.2, 0) is 14.8 Å². The molecule has 0 radical (unpaired) electrons. The molecule has 3 rings (SSSR count). The van der Waals surface area contributed by atoms with Gasteiger partial charge in [-0.3, -0.25) is 9.10 Å². The molecule has 0 saturated heterocycles. The molecule has 1 N–H and O–H groups in total. The molecule has 0 heterocycles. The van der Waals surface area contributed by atoms with Gasteiger partial charge >= 0.3 is 0 Å². The van der Waals surface area contributed by atoms with Crippen LogP contribution in [0.2, 0.25) is 0 Å². The van der Waals surface area contributed by atoms with Gasteiger partial charge in [0.25, 0.3) is 0 Å². The molecule has 0 spiro atoms. The first-order chi connectivity index (χ1) is 11.8. The van der Waals surface area contributed by atoms with Crippen molar-refractivity contribution in [3.63, 3.8) is 0 Å². The smallest absolute Gasteiger partial charge is 0.232 e. The van der Waals surface area contributed by atoms with Crippen LogP contribution in [0.25, 0.3) is 0 Å². The highest BCUT2D eigenvalue weighted by atomic mass is 32.2. The van der Waals surface area contributed by atoms with Crippen LogP contribution < -0.4 is 9.62 Å². The van der Waals surface area contributed by atoms with Crippen LogP contribution in [0.4, 0.5) is 5.69 Å². The molecule has 2 saturated carbocycles. The summed E-state index contributed by atoms with van der Waals surface area (Å²) in [4.78, 5) is 12.2. The van der Waals surface area contributed by atoms with Crippen molar-refractivity contribution < 1.29 is 13.2 Å². The van der Waals surface area contributed by atoms with Crippen LogP contribution in [-0.4, -0.2) is 33.2 Å². The number of rotatable bonds is 7. The summed E-state index contributed by atoms with van der Waals surface area (Å²) in [6.07, 6.45) is 7.05. The molecule has 0 aromatic heterocycles. The highest BCUT2D eigenvalue weighted by molar-refractivity contribution is 7.92. The van der Waals surface area contributed by atoms with E-state index in [4.69, 9.17) is 0 Å². The second-order valence-electron chi connectivity index (χ2n) is 7.57. The molecular weight excluding hydrogens is 336 g/mol. The number of aryl methyl sites for hydroxylation is 1. The van der Waals surface area contributed by atoms with E-state index in [2.05, 4.69) is 5.32 Å². The predicted molar refractivity (Wildman–Crippen MR) is 100.0 cm³/mol. The quantitative estimate of drug-likeness (QED) is 0.809. The number of hydrogen-bond donors (Lipinski definition) is 1. The van der Waals surface area contributed by atoms with Crippen molar-refractivity contribution in [1.82, 2.24) is 5.32 Å². The number of nitrogens with zero attached hydrogens (tertiary/aromatic N) is 1. The molecule has 6 heteroatoms. The van der Waals surface area contributed by atoms with Crippen molar-refractivity contribution in [2.45, 2.75) is 51.5 Å². The van der Waals surface area contributed by atoms with E-state index in [0.29, 0.717) is 37.0 Å². The molecule has 5 nitrogen and oxygen atoms in total. The van der Waals surface area contributed by atoms with E-state index >= 15 is 0 Å². The van der Waals surface area contributed by atoms with Gasteiger partial charge in [0.05, 0.1) is 11.9 Å². The Morgan fingerprint density at radius 3 is 2.60 bits per heavy atom. The Labute approximate surface area is 150 Å². The van der Waals surface area contributed by atoms with Gasteiger partial charge in [0.15, 0.2) is 0 Å². The zero-order chi connectivity index (χ0) is 18.0. The van der Waals surface area contributed by atoms with Gasteiger partial charge in [-0.25, -0.2) is 8.42 Å². The lowest BCUT2D eigenvalue weighted by atomic mass is 9.95. The number of benzene rings is 1. The maximum absolute atomic E-state index is 12.2. The highest BCUT2D eigenvalue weighted by Gasteiger charge is 2.39. The van der Waals surface area contributed by atoms with Gasteiger partial charge in [-0.15, -0.1) is 0 Å². The Hall–Kier alpha value is -1.56. The molecule has 2 fully saturated rings. The van der Waals surface area contributed by atoms with Crippen LogP contribution in [0.5, 0.6) is 0 Å². The first-order valence-corrected chi connectivity index (χ1v) is 11.0. The summed E-state index contributed by atoms with van der Waals surface area (Å²) in [5.41, 5.74) is 1.61. The Morgan fingerprint density at radius 1 is 1.24 bits per heavy atom. The zero-order valence-electron chi connectivity index (χ0n) is 15.1. The van der Waals surface area contributed by atoms with Gasteiger partial charge in [0.1, 0.15) is 0 Å². The molecular formula is C19H28N2O3S. The Morgan fingerprint density at radius 2 is 2.00 bits per heavy atom. The zero-order valence-corrected chi connectivity index (χ0v) is 15.9. The fourth-order valence-corrected chi connectivity index (χ4v) is 5.41. The maximum Gasteiger partial charge on any atom is 0.232 e. The molecule has 0 unspecified atom stereocenters. The number of amides is 1. The fraction of sp³-hybridized carbons (Fsp3) is 0.632. The fourth-order valence-electron chi connectivity index (χ4n) is 4.39. The number of hydrogen-bond acceptors (Lipinski definition) is 3. The monoisotopic (exact) mass is 364 g/mol. The Kier molecular flexibility index (Phi) is 5.37. The van der Waals surface area contributed by atoms with Gasteiger partial charge in [0, 0.05) is 19.0 Å². The van der Waals surface area contributed by atoms with E-state index in [1.807, 2.05) is 31.2 Å². The van der Waals surface area contributed by atoms with Gasteiger partial charge < -0.3 is 5.32 Å². The lowest BCUT2D eigenvalue weighted by Gasteiger charge is -2.25. The molecule has 25 heavy (non-hydrogen) atoms. The number of para-hydroxylation sites is 1. The van der Waals surface area contributed by atoms with E-state index < -0.39 is 10.0 Å².